The van der Waals surface area contributed by atoms with Crippen LogP contribution in [0.4, 0.5) is 0 Å². The number of hydrogen-bond donors (Lipinski definition) is 1. The van der Waals surface area contributed by atoms with E-state index in [4.69, 9.17) is 9.84 Å². The lowest BCUT2D eigenvalue weighted by atomic mass is 10.2. The summed E-state index contributed by atoms with van der Waals surface area (Å²) < 4.78 is 29.5. The van der Waals surface area contributed by atoms with Gasteiger partial charge in [-0.2, -0.15) is 11.8 Å². The SMILES string of the molecule is CCS(=O)(=O)C1CSCCN1C(=O)C1CCC(C(=O)O)O1. The molecule has 2 aliphatic heterocycles. The molecule has 21 heavy (non-hydrogen) atoms. The number of hydrogen-bond acceptors (Lipinski definition) is 6. The third kappa shape index (κ3) is 3.51. The summed E-state index contributed by atoms with van der Waals surface area (Å²) in [5.41, 5.74) is 0. The predicted octanol–water partition coefficient (Wildman–Crippen LogP) is -0.0452. The van der Waals surface area contributed by atoms with Crippen molar-refractivity contribution in [1.29, 1.82) is 0 Å². The molecule has 2 saturated heterocycles. The van der Waals surface area contributed by atoms with Crippen LogP contribution in [0.2, 0.25) is 0 Å². The minimum absolute atomic E-state index is 0.0225. The summed E-state index contributed by atoms with van der Waals surface area (Å²) in [6, 6.07) is 0. The lowest BCUT2D eigenvalue weighted by Crippen LogP contribution is -2.53. The number of aliphatic carboxylic acids is 1. The first-order valence-corrected chi connectivity index (χ1v) is 9.72. The number of rotatable bonds is 4. The van der Waals surface area contributed by atoms with Crippen LogP contribution in [-0.4, -0.2) is 71.7 Å². The molecule has 3 atom stereocenters. The van der Waals surface area contributed by atoms with E-state index in [-0.39, 0.29) is 12.2 Å². The minimum Gasteiger partial charge on any atom is -0.479 e. The third-order valence-corrected chi connectivity index (χ3v) is 7.04. The molecule has 1 amide bonds. The Kier molecular flexibility index (Phi) is 5.15. The first-order chi connectivity index (χ1) is 9.86. The molecule has 7 nitrogen and oxygen atoms in total. The number of ether oxygens (including phenoxy) is 1. The van der Waals surface area contributed by atoms with Gasteiger partial charge in [0.15, 0.2) is 15.9 Å². The Morgan fingerprint density at radius 2 is 2.00 bits per heavy atom. The molecule has 9 heteroatoms. The zero-order valence-electron chi connectivity index (χ0n) is 11.7. The topological polar surface area (TPSA) is 101 Å². The van der Waals surface area contributed by atoms with Crippen LogP contribution in [0.15, 0.2) is 0 Å². The van der Waals surface area contributed by atoms with Crippen molar-refractivity contribution in [2.45, 2.75) is 37.3 Å². The monoisotopic (exact) mass is 337 g/mol. The summed E-state index contributed by atoms with van der Waals surface area (Å²) in [6.07, 6.45) is -1.22. The lowest BCUT2D eigenvalue weighted by Gasteiger charge is -2.36. The van der Waals surface area contributed by atoms with Crippen LogP contribution in [0.3, 0.4) is 0 Å². The average molecular weight is 337 g/mol. The maximum Gasteiger partial charge on any atom is 0.332 e. The summed E-state index contributed by atoms with van der Waals surface area (Å²) in [7, 11) is -3.36. The highest BCUT2D eigenvalue weighted by Gasteiger charge is 2.42. The van der Waals surface area contributed by atoms with E-state index in [0.29, 0.717) is 24.5 Å². The lowest BCUT2D eigenvalue weighted by molar-refractivity contribution is -0.154. The number of carbonyl (C=O) groups is 2. The Labute approximate surface area is 127 Å². The van der Waals surface area contributed by atoms with Gasteiger partial charge in [0, 0.05) is 23.8 Å². The summed E-state index contributed by atoms with van der Waals surface area (Å²) in [4.78, 5) is 24.7. The maximum absolute atomic E-state index is 12.5. The van der Waals surface area contributed by atoms with Crippen molar-refractivity contribution in [3.63, 3.8) is 0 Å². The molecule has 2 heterocycles. The average Bonchev–Trinajstić information content (AvgIpc) is 2.96. The second kappa shape index (κ2) is 6.53. The van der Waals surface area contributed by atoms with Crippen molar-refractivity contribution in [1.82, 2.24) is 4.90 Å². The van der Waals surface area contributed by atoms with E-state index >= 15 is 0 Å². The zero-order valence-corrected chi connectivity index (χ0v) is 13.4. The number of amides is 1. The molecular formula is C12H19NO6S2. The van der Waals surface area contributed by atoms with Gasteiger partial charge in [-0.3, -0.25) is 4.79 Å². The van der Waals surface area contributed by atoms with Gasteiger partial charge in [-0.15, -0.1) is 0 Å². The molecule has 0 aromatic carbocycles. The highest BCUT2D eigenvalue weighted by atomic mass is 32.2. The van der Waals surface area contributed by atoms with Crippen molar-refractivity contribution < 1.29 is 27.9 Å². The molecule has 0 spiro atoms. The van der Waals surface area contributed by atoms with Gasteiger partial charge in [0.1, 0.15) is 11.5 Å². The van der Waals surface area contributed by atoms with Crippen molar-refractivity contribution in [3.05, 3.63) is 0 Å². The van der Waals surface area contributed by atoms with Crippen LogP contribution < -0.4 is 0 Å². The zero-order chi connectivity index (χ0) is 15.6. The molecule has 1 N–H and O–H groups in total. The predicted molar refractivity (Wildman–Crippen MR) is 77.8 cm³/mol. The van der Waals surface area contributed by atoms with Crippen molar-refractivity contribution in [2.75, 3.05) is 23.8 Å². The first-order valence-electron chi connectivity index (χ1n) is 6.85. The van der Waals surface area contributed by atoms with Gasteiger partial charge in [-0.25, -0.2) is 13.2 Å². The fraction of sp³-hybridized carbons (Fsp3) is 0.833. The number of carbonyl (C=O) groups excluding carboxylic acids is 1. The van der Waals surface area contributed by atoms with Crippen molar-refractivity contribution in [2.24, 2.45) is 0 Å². The Hall–Kier alpha value is -0.800. The third-order valence-electron chi connectivity index (χ3n) is 3.76. The number of carboxylic acid groups (broad SMARTS) is 1. The molecule has 0 saturated carbocycles. The van der Waals surface area contributed by atoms with Crippen molar-refractivity contribution in [3.8, 4) is 0 Å². The first kappa shape index (κ1) is 16.6. The van der Waals surface area contributed by atoms with E-state index in [1.165, 1.54) is 16.7 Å². The Morgan fingerprint density at radius 1 is 1.33 bits per heavy atom. The van der Waals surface area contributed by atoms with Gasteiger partial charge in [-0.05, 0) is 12.8 Å². The molecule has 2 fully saturated rings. The molecule has 0 radical (unpaired) electrons. The normalized spacial score (nSPS) is 30.3. The fourth-order valence-electron chi connectivity index (χ4n) is 2.51. The minimum atomic E-state index is -3.36. The van der Waals surface area contributed by atoms with Crippen LogP contribution in [0.5, 0.6) is 0 Å². The maximum atomic E-state index is 12.5. The Balaban J connectivity index is 2.11. The summed E-state index contributed by atoms with van der Waals surface area (Å²) in [6.45, 7) is 1.91. The van der Waals surface area contributed by atoms with Crippen LogP contribution in [0.25, 0.3) is 0 Å². The van der Waals surface area contributed by atoms with Gasteiger partial charge >= 0.3 is 5.97 Å². The van der Waals surface area contributed by atoms with Gasteiger partial charge < -0.3 is 14.7 Å². The Bertz CT molecular complexity index is 520. The van der Waals surface area contributed by atoms with E-state index in [9.17, 15) is 18.0 Å². The number of thioether (sulfide) groups is 1. The van der Waals surface area contributed by atoms with Gasteiger partial charge in [0.05, 0.1) is 0 Å². The standard InChI is InChI=1S/C12H19NO6S2/c1-2-21(17,18)10-7-20-6-5-13(10)11(14)8-3-4-9(19-8)12(15)16/h8-10H,2-7H2,1H3,(H,15,16). The van der Waals surface area contributed by atoms with Gasteiger partial charge in [-0.1, -0.05) is 6.92 Å². The second-order valence-corrected chi connectivity index (χ2v) is 8.64. The highest BCUT2D eigenvalue weighted by Crippen LogP contribution is 2.27. The highest BCUT2D eigenvalue weighted by molar-refractivity contribution is 8.01. The van der Waals surface area contributed by atoms with Crippen LogP contribution in [-0.2, 0) is 24.2 Å². The molecule has 0 aromatic rings. The summed E-state index contributed by atoms with van der Waals surface area (Å²) in [5, 5.41) is 8.06. The van der Waals surface area contributed by atoms with E-state index in [2.05, 4.69) is 0 Å². The molecule has 3 unspecified atom stereocenters. The molecule has 0 aliphatic carbocycles. The quantitative estimate of drug-likeness (QED) is 0.768. The van der Waals surface area contributed by atoms with Gasteiger partial charge in [0.25, 0.3) is 5.91 Å². The van der Waals surface area contributed by atoms with E-state index < -0.39 is 39.3 Å². The summed E-state index contributed by atoms with van der Waals surface area (Å²) >= 11 is 1.51. The molecule has 0 aromatic heterocycles. The van der Waals surface area contributed by atoms with Crippen molar-refractivity contribution >= 4 is 33.5 Å². The van der Waals surface area contributed by atoms with E-state index in [0.717, 1.165) is 0 Å². The number of nitrogens with zero attached hydrogens (tertiary/aromatic N) is 1. The second-order valence-electron chi connectivity index (χ2n) is 5.04. The number of sulfone groups is 1. The van der Waals surface area contributed by atoms with E-state index in [1.54, 1.807) is 6.92 Å². The van der Waals surface area contributed by atoms with Crippen LogP contribution >= 0.6 is 11.8 Å². The van der Waals surface area contributed by atoms with Gasteiger partial charge in [0.2, 0.25) is 0 Å². The summed E-state index contributed by atoms with van der Waals surface area (Å²) in [5.74, 6) is -0.475. The smallest absolute Gasteiger partial charge is 0.332 e. The fourth-order valence-corrected chi connectivity index (χ4v) is 5.48. The molecular weight excluding hydrogens is 318 g/mol. The largest absolute Gasteiger partial charge is 0.479 e. The van der Waals surface area contributed by atoms with E-state index in [1.807, 2.05) is 0 Å². The molecule has 2 rings (SSSR count). The molecule has 0 bridgehead atoms. The molecule has 120 valence electrons. The Morgan fingerprint density at radius 3 is 2.57 bits per heavy atom. The van der Waals surface area contributed by atoms with Crippen LogP contribution in [0.1, 0.15) is 19.8 Å². The van der Waals surface area contributed by atoms with Crippen LogP contribution in [0, 0.1) is 0 Å². The molecule has 2 aliphatic rings. The number of carboxylic acids is 1.